The molecule has 0 aliphatic carbocycles. The Morgan fingerprint density at radius 2 is 1.77 bits per heavy atom. The molecule has 0 saturated heterocycles. The Labute approximate surface area is 155 Å². The first-order chi connectivity index (χ1) is 12.5. The number of carbonyl (C=O) groups is 1. The van der Waals surface area contributed by atoms with Gasteiger partial charge in [-0.2, -0.15) is 0 Å². The quantitative estimate of drug-likeness (QED) is 0.524. The lowest BCUT2D eigenvalue weighted by Gasteiger charge is -2.12. The van der Waals surface area contributed by atoms with Crippen LogP contribution in [-0.4, -0.2) is 21.1 Å². The fourth-order valence-electron chi connectivity index (χ4n) is 2.34. The predicted molar refractivity (Wildman–Crippen MR) is 103 cm³/mol. The third-order valence-electron chi connectivity index (χ3n) is 3.67. The average Bonchev–Trinajstić information content (AvgIpc) is 2.64. The zero-order chi connectivity index (χ0) is 18.5. The van der Waals surface area contributed by atoms with Gasteiger partial charge in [0, 0.05) is 16.9 Å². The average molecular weight is 367 g/mol. The minimum Gasteiger partial charge on any atom is -0.325 e. The van der Waals surface area contributed by atoms with Crippen LogP contribution < -0.4 is 5.32 Å². The number of benzene rings is 2. The predicted octanol–water partition coefficient (Wildman–Crippen LogP) is 4.71. The van der Waals surface area contributed by atoms with Crippen LogP contribution in [-0.2, 0) is 4.79 Å². The fraction of sp³-hybridized carbons (Fsp3) is 0.150. The second-order valence-corrected chi connectivity index (χ2v) is 7.11. The Hall–Kier alpha value is -2.73. The van der Waals surface area contributed by atoms with Crippen LogP contribution in [0, 0.1) is 12.7 Å². The molecule has 1 heterocycles. The summed E-state index contributed by atoms with van der Waals surface area (Å²) in [6.07, 6.45) is 0. The molecule has 1 atom stereocenters. The normalized spacial score (nSPS) is 11.8. The number of hydrogen-bond donors (Lipinski definition) is 1. The maximum absolute atomic E-state index is 13.0. The van der Waals surface area contributed by atoms with Crippen molar-refractivity contribution in [1.29, 1.82) is 0 Å². The van der Waals surface area contributed by atoms with Crippen molar-refractivity contribution in [2.24, 2.45) is 0 Å². The third-order valence-corrected chi connectivity index (χ3v) is 4.63. The lowest BCUT2D eigenvalue weighted by Crippen LogP contribution is -2.22. The molecule has 0 aliphatic rings. The van der Waals surface area contributed by atoms with Gasteiger partial charge in [0.1, 0.15) is 5.82 Å². The van der Waals surface area contributed by atoms with Gasteiger partial charge in [-0.25, -0.2) is 14.4 Å². The summed E-state index contributed by atoms with van der Waals surface area (Å²) in [4.78, 5) is 21.4. The van der Waals surface area contributed by atoms with Crippen LogP contribution in [0.2, 0.25) is 0 Å². The van der Waals surface area contributed by atoms with Crippen molar-refractivity contribution in [2.75, 3.05) is 5.32 Å². The second-order valence-electron chi connectivity index (χ2n) is 5.80. The van der Waals surface area contributed by atoms with E-state index in [9.17, 15) is 9.18 Å². The highest BCUT2D eigenvalue weighted by Crippen LogP contribution is 2.25. The topological polar surface area (TPSA) is 54.9 Å². The number of thioether (sulfide) groups is 1. The van der Waals surface area contributed by atoms with Crippen molar-refractivity contribution in [3.63, 3.8) is 0 Å². The van der Waals surface area contributed by atoms with Crippen molar-refractivity contribution in [3.05, 3.63) is 72.2 Å². The number of aryl methyl sites for hydroxylation is 1. The molecule has 4 nitrogen and oxygen atoms in total. The van der Waals surface area contributed by atoms with Gasteiger partial charge in [0.05, 0.1) is 10.9 Å². The van der Waals surface area contributed by atoms with E-state index in [4.69, 9.17) is 0 Å². The summed E-state index contributed by atoms with van der Waals surface area (Å²) in [7, 11) is 0. The number of nitrogens with zero attached hydrogens (tertiary/aromatic N) is 2. The first kappa shape index (κ1) is 18.1. The molecule has 0 unspecified atom stereocenters. The highest BCUT2D eigenvalue weighted by Gasteiger charge is 2.17. The molecule has 0 fully saturated rings. The van der Waals surface area contributed by atoms with E-state index in [1.807, 2.05) is 43.3 Å². The van der Waals surface area contributed by atoms with Crippen molar-refractivity contribution in [3.8, 4) is 11.3 Å². The van der Waals surface area contributed by atoms with Crippen LogP contribution in [0.1, 0.15) is 12.6 Å². The number of nitrogens with one attached hydrogen (secondary N) is 1. The fourth-order valence-corrected chi connectivity index (χ4v) is 3.17. The SMILES string of the molecule is Cc1cc(-c2ccccc2)nc(S[C@@H](C)C(=O)Nc2ccc(F)cc2)n1. The molecule has 1 N–H and O–H groups in total. The van der Waals surface area contributed by atoms with E-state index in [0.717, 1.165) is 17.0 Å². The number of rotatable bonds is 5. The van der Waals surface area contributed by atoms with Crippen LogP contribution in [0.3, 0.4) is 0 Å². The first-order valence-electron chi connectivity index (χ1n) is 8.15. The molecule has 0 saturated carbocycles. The van der Waals surface area contributed by atoms with Crippen molar-refractivity contribution in [1.82, 2.24) is 9.97 Å². The minimum atomic E-state index is -0.398. The molecule has 0 bridgehead atoms. The molecular weight excluding hydrogens is 349 g/mol. The maximum atomic E-state index is 13.0. The lowest BCUT2D eigenvalue weighted by atomic mass is 10.1. The Morgan fingerprint density at radius 1 is 1.08 bits per heavy atom. The number of carbonyl (C=O) groups excluding carboxylic acids is 1. The van der Waals surface area contributed by atoms with E-state index in [0.29, 0.717) is 10.8 Å². The lowest BCUT2D eigenvalue weighted by molar-refractivity contribution is -0.115. The third kappa shape index (κ3) is 4.67. The summed E-state index contributed by atoms with van der Waals surface area (Å²) in [5.74, 6) is -0.528. The Morgan fingerprint density at radius 3 is 2.46 bits per heavy atom. The number of anilines is 1. The van der Waals surface area contributed by atoms with Gasteiger partial charge < -0.3 is 5.32 Å². The van der Waals surface area contributed by atoms with Gasteiger partial charge in [-0.1, -0.05) is 42.1 Å². The molecule has 0 spiro atoms. The Kier molecular flexibility index (Phi) is 5.63. The van der Waals surface area contributed by atoms with Crippen LogP contribution in [0.4, 0.5) is 10.1 Å². The highest BCUT2D eigenvalue weighted by atomic mass is 32.2. The molecule has 0 radical (unpaired) electrons. The summed E-state index contributed by atoms with van der Waals surface area (Å²) in [5, 5.41) is 2.92. The van der Waals surface area contributed by atoms with E-state index in [2.05, 4.69) is 15.3 Å². The number of hydrogen-bond acceptors (Lipinski definition) is 4. The van der Waals surface area contributed by atoms with Crippen LogP contribution >= 0.6 is 11.8 Å². The smallest absolute Gasteiger partial charge is 0.237 e. The van der Waals surface area contributed by atoms with Gasteiger partial charge in [-0.15, -0.1) is 0 Å². The van der Waals surface area contributed by atoms with Gasteiger partial charge in [0.15, 0.2) is 5.16 Å². The summed E-state index contributed by atoms with van der Waals surface area (Å²) in [6.45, 7) is 3.69. The summed E-state index contributed by atoms with van der Waals surface area (Å²) >= 11 is 1.29. The number of halogens is 1. The van der Waals surface area contributed by atoms with E-state index in [1.165, 1.54) is 36.0 Å². The van der Waals surface area contributed by atoms with Gasteiger partial charge in [-0.05, 0) is 44.2 Å². The van der Waals surface area contributed by atoms with Gasteiger partial charge in [0.25, 0.3) is 0 Å². The molecule has 26 heavy (non-hydrogen) atoms. The molecule has 3 rings (SSSR count). The molecule has 1 amide bonds. The maximum Gasteiger partial charge on any atom is 0.237 e. The number of aromatic nitrogens is 2. The van der Waals surface area contributed by atoms with Crippen molar-refractivity contribution in [2.45, 2.75) is 24.3 Å². The number of amides is 1. The van der Waals surface area contributed by atoms with Crippen molar-refractivity contribution >= 4 is 23.4 Å². The second kappa shape index (κ2) is 8.10. The first-order valence-corrected chi connectivity index (χ1v) is 9.03. The molecule has 0 aliphatic heterocycles. The van der Waals surface area contributed by atoms with Crippen LogP contribution in [0.15, 0.2) is 65.8 Å². The molecular formula is C20H18FN3OS. The molecule has 6 heteroatoms. The van der Waals surface area contributed by atoms with E-state index < -0.39 is 5.25 Å². The van der Waals surface area contributed by atoms with E-state index in [-0.39, 0.29) is 11.7 Å². The van der Waals surface area contributed by atoms with Crippen molar-refractivity contribution < 1.29 is 9.18 Å². The standard InChI is InChI=1S/C20H18FN3OS/c1-13-12-18(15-6-4-3-5-7-15)24-20(22-13)26-14(2)19(25)23-17-10-8-16(21)9-11-17/h3-12,14H,1-2H3,(H,23,25)/t14-/m0/s1. The highest BCUT2D eigenvalue weighted by molar-refractivity contribution is 8.00. The molecule has 2 aromatic carbocycles. The van der Waals surface area contributed by atoms with Crippen LogP contribution in [0.5, 0.6) is 0 Å². The summed E-state index contributed by atoms with van der Waals surface area (Å²) < 4.78 is 13.0. The largest absolute Gasteiger partial charge is 0.325 e. The van der Waals surface area contributed by atoms with E-state index >= 15 is 0 Å². The van der Waals surface area contributed by atoms with E-state index in [1.54, 1.807) is 6.92 Å². The zero-order valence-corrected chi connectivity index (χ0v) is 15.3. The van der Waals surface area contributed by atoms with Crippen LogP contribution in [0.25, 0.3) is 11.3 Å². The van der Waals surface area contributed by atoms with Gasteiger partial charge >= 0.3 is 0 Å². The molecule has 132 valence electrons. The minimum absolute atomic E-state index is 0.187. The van der Waals surface area contributed by atoms with Gasteiger partial charge in [-0.3, -0.25) is 4.79 Å². The summed E-state index contributed by atoms with van der Waals surface area (Å²) in [5.41, 5.74) is 3.22. The van der Waals surface area contributed by atoms with Gasteiger partial charge in [0.2, 0.25) is 5.91 Å². The Bertz CT molecular complexity index is 901. The zero-order valence-electron chi connectivity index (χ0n) is 14.4. The Balaban J connectivity index is 1.72. The summed E-state index contributed by atoms with van der Waals surface area (Å²) in [6, 6.07) is 17.4. The monoisotopic (exact) mass is 367 g/mol. The molecule has 1 aromatic heterocycles. The molecule has 3 aromatic rings.